The molecule has 0 nitrogen and oxygen atoms in total. The quantitative estimate of drug-likeness (QED) is 0.235. The summed E-state index contributed by atoms with van der Waals surface area (Å²) in [6.45, 7) is 2.29. The van der Waals surface area contributed by atoms with Crippen molar-refractivity contribution in [3.05, 3.63) is 48.0 Å². The Balaban J connectivity index is 1.33. The number of rotatable bonds is 10. The summed E-state index contributed by atoms with van der Waals surface area (Å²) in [6, 6.07) is 16.0. The second-order valence-electron chi connectivity index (χ2n) is 7.77. The number of unbranched alkanes of at least 4 members (excludes halogenated alkanes) is 8. The van der Waals surface area contributed by atoms with Gasteiger partial charge in [0.2, 0.25) is 0 Å². The van der Waals surface area contributed by atoms with Gasteiger partial charge in [-0.2, -0.15) is 0 Å². The molecule has 4 aromatic rings. The van der Waals surface area contributed by atoms with Crippen molar-refractivity contribution in [2.75, 3.05) is 0 Å². The van der Waals surface area contributed by atoms with Crippen LogP contribution in [0.1, 0.15) is 70.3 Å². The second kappa shape index (κ2) is 9.21. The van der Waals surface area contributed by atoms with Crippen molar-refractivity contribution in [3.63, 3.8) is 0 Å². The lowest BCUT2D eigenvalue weighted by molar-refractivity contribution is 0.565. The average molecular weight is 395 g/mol. The van der Waals surface area contributed by atoms with Crippen LogP contribution in [0.2, 0.25) is 0 Å². The highest BCUT2D eigenvalue weighted by molar-refractivity contribution is 7.36. The van der Waals surface area contributed by atoms with Crippen molar-refractivity contribution in [1.29, 1.82) is 0 Å². The van der Waals surface area contributed by atoms with Crippen LogP contribution in [0.15, 0.2) is 42.5 Å². The summed E-state index contributed by atoms with van der Waals surface area (Å²) in [5.41, 5.74) is 1.52. The molecule has 0 atom stereocenters. The number of fused-ring (bicyclic) bond motifs is 5. The Hall–Kier alpha value is -1.38. The van der Waals surface area contributed by atoms with Gasteiger partial charge in [-0.15, -0.1) is 22.7 Å². The molecule has 0 aliphatic heterocycles. The number of thiophene rings is 2. The van der Waals surface area contributed by atoms with Gasteiger partial charge >= 0.3 is 0 Å². The first-order valence-corrected chi connectivity index (χ1v) is 12.3. The topological polar surface area (TPSA) is 0 Å². The third-order valence-electron chi connectivity index (χ3n) is 5.62. The summed E-state index contributed by atoms with van der Waals surface area (Å²) in [5, 5.41) is 2.88. The van der Waals surface area contributed by atoms with Crippen LogP contribution in [-0.4, -0.2) is 0 Å². The van der Waals surface area contributed by atoms with Gasteiger partial charge in [-0.25, -0.2) is 0 Å². The van der Waals surface area contributed by atoms with E-state index in [1.165, 1.54) is 99.3 Å². The molecule has 0 radical (unpaired) electrons. The number of hydrogen-bond donors (Lipinski definition) is 0. The lowest BCUT2D eigenvalue weighted by atomic mass is 10.0. The Bertz CT molecular complexity index is 1010. The van der Waals surface area contributed by atoms with E-state index >= 15 is 0 Å². The fourth-order valence-electron chi connectivity index (χ4n) is 4.04. The zero-order valence-electron chi connectivity index (χ0n) is 16.4. The highest BCUT2D eigenvalue weighted by Gasteiger charge is 2.11. The SMILES string of the molecule is CCCCCCCCCCCc1ccc2c(c1)sc1c3ccccc3sc21. The summed E-state index contributed by atoms with van der Waals surface area (Å²) in [6.07, 6.45) is 13.9. The van der Waals surface area contributed by atoms with E-state index in [2.05, 4.69) is 49.4 Å². The van der Waals surface area contributed by atoms with Gasteiger partial charge < -0.3 is 0 Å². The molecule has 0 saturated heterocycles. The first kappa shape index (κ1) is 19.0. The Labute approximate surface area is 171 Å². The van der Waals surface area contributed by atoms with Crippen LogP contribution in [0.3, 0.4) is 0 Å². The van der Waals surface area contributed by atoms with Crippen molar-refractivity contribution in [3.8, 4) is 0 Å². The molecule has 2 heteroatoms. The van der Waals surface area contributed by atoms with E-state index in [-0.39, 0.29) is 0 Å². The van der Waals surface area contributed by atoms with E-state index in [4.69, 9.17) is 0 Å². The van der Waals surface area contributed by atoms with Gasteiger partial charge in [0, 0.05) is 20.2 Å². The molecule has 0 spiro atoms. The predicted octanol–water partition coefficient (Wildman–Crippen LogP) is 9.34. The molecule has 4 rings (SSSR count). The van der Waals surface area contributed by atoms with Crippen LogP contribution in [0.4, 0.5) is 0 Å². The van der Waals surface area contributed by atoms with Gasteiger partial charge in [-0.3, -0.25) is 0 Å². The zero-order chi connectivity index (χ0) is 18.5. The molecular weight excluding hydrogens is 364 g/mol. The molecule has 2 aromatic heterocycles. The molecule has 2 aromatic carbocycles. The van der Waals surface area contributed by atoms with Crippen LogP contribution in [-0.2, 0) is 6.42 Å². The van der Waals surface area contributed by atoms with Gasteiger partial charge in [0.25, 0.3) is 0 Å². The minimum atomic E-state index is 1.23. The molecule has 0 saturated carbocycles. The van der Waals surface area contributed by atoms with Gasteiger partial charge in [-0.05, 0) is 30.5 Å². The predicted molar refractivity (Wildman–Crippen MR) is 126 cm³/mol. The van der Waals surface area contributed by atoms with Crippen LogP contribution < -0.4 is 0 Å². The number of aryl methyl sites for hydroxylation is 1. The minimum Gasteiger partial charge on any atom is -0.134 e. The van der Waals surface area contributed by atoms with Crippen molar-refractivity contribution in [2.45, 2.75) is 71.1 Å². The Kier molecular flexibility index (Phi) is 6.47. The van der Waals surface area contributed by atoms with E-state index in [0.717, 1.165) is 0 Å². The third kappa shape index (κ3) is 4.38. The largest absolute Gasteiger partial charge is 0.134 e. The highest BCUT2D eigenvalue weighted by atomic mass is 32.1. The van der Waals surface area contributed by atoms with Crippen molar-refractivity contribution in [2.24, 2.45) is 0 Å². The summed E-state index contributed by atoms with van der Waals surface area (Å²) in [7, 11) is 0. The molecule has 0 aliphatic rings. The third-order valence-corrected chi connectivity index (χ3v) is 8.14. The summed E-state index contributed by atoms with van der Waals surface area (Å²) >= 11 is 3.93. The van der Waals surface area contributed by atoms with Gasteiger partial charge in [0.1, 0.15) is 0 Å². The maximum absolute atomic E-state index is 2.45. The first-order valence-electron chi connectivity index (χ1n) is 10.7. The molecule has 0 unspecified atom stereocenters. The smallest absolute Gasteiger partial charge is 0.0542 e. The maximum atomic E-state index is 2.45. The molecule has 142 valence electrons. The van der Waals surface area contributed by atoms with E-state index in [1.807, 2.05) is 22.7 Å². The number of benzene rings is 2. The van der Waals surface area contributed by atoms with Gasteiger partial charge in [0.05, 0.1) is 9.40 Å². The highest BCUT2D eigenvalue weighted by Crippen LogP contribution is 2.44. The number of hydrogen-bond acceptors (Lipinski definition) is 2. The van der Waals surface area contributed by atoms with Crippen LogP contribution in [0.5, 0.6) is 0 Å². The van der Waals surface area contributed by atoms with Crippen molar-refractivity contribution >= 4 is 52.2 Å². The summed E-state index contributed by atoms with van der Waals surface area (Å²) < 4.78 is 5.84. The summed E-state index contributed by atoms with van der Waals surface area (Å²) in [4.78, 5) is 0. The van der Waals surface area contributed by atoms with Crippen molar-refractivity contribution in [1.82, 2.24) is 0 Å². The summed E-state index contributed by atoms with van der Waals surface area (Å²) in [5.74, 6) is 0. The lowest BCUT2D eigenvalue weighted by Crippen LogP contribution is -1.86. The maximum Gasteiger partial charge on any atom is 0.0542 e. The lowest BCUT2D eigenvalue weighted by Gasteiger charge is -2.03. The fourth-order valence-corrected chi connectivity index (χ4v) is 6.76. The van der Waals surface area contributed by atoms with Crippen LogP contribution >= 0.6 is 22.7 Å². The first-order chi connectivity index (χ1) is 13.4. The van der Waals surface area contributed by atoms with Gasteiger partial charge in [0.15, 0.2) is 0 Å². The van der Waals surface area contributed by atoms with E-state index in [1.54, 1.807) is 0 Å². The van der Waals surface area contributed by atoms with Crippen LogP contribution in [0.25, 0.3) is 29.6 Å². The van der Waals surface area contributed by atoms with Crippen LogP contribution in [0, 0.1) is 0 Å². The second-order valence-corrected chi connectivity index (χ2v) is 9.87. The molecular formula is C25H30S2. The molecule has 0 aliphatic carbocycles. The fraction of sp³-hybridized carbons (Fsp3) is 0.440. The van der Waals surface area contributed by atoms with E-state index in [0.29, 0.717) is 0 Å². The minimum absolute atomic E-state index is 1.23. The molecule has 27 heavy (non-hydrogen) atoms. The Morgan fingerprint density at radius 2 is 1.26 bits per heavy atom. The van der Waals surface area contributed by atoms with E-state index < -0.39 is 0 Å². The molecule has 0 fully saturated rings. The monoisotopic (exact) mass is 394 g/mol. The Morgan fingerprint density at radius 1 is 0.630 bits per heavy atom. The molecule has 2 heterocycles. The van der Waals surface area contributed by atoms with Gasteiger partial charge in [-0.1, -0.05) is 88.6 Å². The normalized spacial score (nSPS) is 11.9. The van der Waals surface area contributed by atoms with E-state index in [9.17, 15) is 0 Å². The molecule has 0 bridgehead atoms. The zero-order valence-corrected chi connectivity index (χ0v) is 18.1. The standard InChI is InChI=1S/C25H30S2/c1-2-3-4-5-6-7-8-9-10-13-19-16-17-21-23(18-19)27-24-20-14-11-12-15-22(20)26-25(21)24/h11-12,14-18H,2-10,13H2,1H3. The average Bonchev–Trinajstić information content (AvgIpc) is 3.22. The molecule has 0 amide bonds. The molecule has 0 N–H and O–H groups in total. The van der Waals surface area contributed by atoms with Crippen molar-refractivity contribution < 1.29 is 0 Å². The Morgan fingerprint density at radius 3 is 2.04 bits per heavy atom.